The molecule has 1 fully saturated rings. The second-order valence-electron chi connectivity index (χ2n) is 7.67. The lowest BCUT2D eigenvalue weighted by Gasteiger charge is -2.15. The first-order valence-corrected chi connectivity index (χ1v) is 9.64. The van der Waals surface area contributed by atoms with E-state index in [-0.39, 0.29) is 24.8 Å². The molecule has 3 N–H and O–H groups in total. The summed E-state index contributed by atoms with van der Waals surface area (Å²) in [5.74, 6) is 1.31. The van der Waals surface area contributed by atoms with E-state index in [2.05, 4.69) is 17.4 Å². The van der Waals surface area contributed by atoms with Crippen LogP contribution in [0, 0.1) is 17.7 Å². The molecule has 1 amide bonds. The van der Waals surface area contributed by atoms with E-state index < -0.39 is 0 Å². The van der Waals surface area contributed by atoms with E-state index in [1.807, 2.05) is 6.07 Å². The Morgan fingerprint density at radius 1 is 1.07 bits per heavy atom. The van der Waals surface area contributed by atoms with Crippen LogP contribution in [0.15, 0.2) is 42.5 Å². The molecule has 2 aliphatic rings. The standard InChI is InChI=1S/C22H25FN2O2/c23-18-4-7-20(8-5-18)27-10-9-21(26)25-19-6-3-14-11-15-1-2-16(22(15)24)12-17(14)13-19/h3-8,13,15-16,22H,1-2,9-12,24H2,(H,25,26). The molecule has 27 heavy (non-hydrogen) atoms. The van der Waals surface area contributed by atoms with Crippen molar-refractivity contribution in [2.45, 2.75) is 38.1 Å². The van der Waals surface area contributed by atoms with Gasteiger partial charge in [0.25, 0.3) is 0 Å². The molecule has 2 bridgehead atoms. The Kier molecular flexibility index (Phi) is 5.12. The summed E-state index contributed by atoms with van der Waals surface area (Å²) >= 11 is 0. The van der Waals surface area contributed by atoms with Gasteiger partial charge in [-0.15, -0.1) is 0 Å². The smallest absolute Gasteiger partial charge is 0.227 e. The van der Waals surface area contributed by atoms with Crippen molar-refractivity contribution in [3.63, 3.8) is 0 Å². The highest BCUT2D eigenvalue weighted by molar-refractivity contribution is 5.90. The van der Waals surface area contributed by atoms with Crippen molar-refractivity contribution in [2.75, 3.05) is 11.9 Å². The molecular weight excluding hydrogens is 343 g/mol. The summed E-state index contributed by atoms with van der Waals surface area (Å²) in [5, 5.41) is 2.95. The fraction of sp³-hybridized carbons (Fsp3) is 0.409. The summed E-state index contributed by atoms with van der Waals surface area (Å²) in [7, 11) is 0. The second kappa shape index (κ2) is 7.69. The lowest BCUT2D eigenvalue weighted by molar-refractivity contribution is -0.116. The molecule has 5 heteroatoms. The number of anilines is 1. The molecule has 0 aliphatic heterocycles. The lowest BCUT2D eigenvalue weighted by Crippen LogP contribution is -2.31. The number of ether oxygens (including phenoxy) is 1. The van der Waals surface area contributed by atoms with Gasteiger partial charge in [0, 0.05) is 11.7 Å². The first-order chi connectivity index (χ1) is 13.1. The molecule has 2 aromatic carbocycles. The molecule has 3 unspecified atom stereocenters. The Hall–Kier alpha value is -2.40. The summed E-state index contributed by atoms with van der Waals surface area (Å²) in [6, 6.07) is 12.3. The summed E-state index contributed by atoms with van der Waals surface area (Å²) in [5.41, 5.74) is 9.90. The number of halogens is 1. The quantitative estimate of drug-likeness (QED) is 0.846. The van der Waals surface area contributed by atoms with Gasteiger partial charge in [-0.05, 0) is 85.0 Å². The fourth-order valence-electron chi connectivity index (χ4n) is 4.35. The molecule has 0 saturated heterocycles. The van der Waals surface area contributed by atoms with E-state index in [1.165, 1.54) is 36.1 Å². The first kappa shape index (κ1) is 18.0. The molecule has 0 radical (unpaired) electrons. The van der Waals surface area contributed by atoms with Gasteiger partial charge >= 0.3 is 0 Å². The summed E-state index contributed by atoms with van der Waals surface area (Å²) in [6.07, 6.45) is 4.74. The van der Waals surface area contributed by atoms with Crippen LogP contribution in [-0.2, 0) is 17.6 Å². The van der Waals surface area contributed by atoms with E-state index in [1.54, 1.807) is 12.1 Å². The van der Waals surface area contributed by atoms with Crippen LogP contribution in [-0.4, -0.2) is 18.6 Å². The van der Waals surface area contributed by atoms with Crippen molar-refractivity contribution in [1.82, 2.24) is 0 Å². The van der Waals surface area contributed by atoms with Crippen LogP contribution in [0.2, 0.25) is 0 Å². The molecule has 1 saturated carbocycles. The lowest BCUT2D eigenvalue weighted by atomic mass is 9.93. The third kappa shape index (κ3) is 4.14. The third-order valence-electron chi connectivity index (χ3n) is 5.86. The largest absolute Gasteiger partial charge is 0.493 e. The Balaban J connectivity index is 1.32. The van der Waals surface area contributed by atoms with Gasteiger partial charge in [-0.3, -0.25) is 4.79 Å². The molecule has 4 rings (SSSR count). The van der Waals surface area contributed by atoms with Crippen molar-refractivity contribution in [1.29, 1.82) is 0 Å². The van der Waals surface area contributed by atoms with E-state index in [4.69, 9.17) is 10.5 Å². The number of fused-ring (bicyclic) bond motifs is 3. The van der Waals surface area contributed by atoms with E-state index in [9.17, 15) is 9.18 Å². The maximum Gasteiger partial charge on any atom is 0.227 e. The van der Waals surface area contributed by atoms with E-state index in [0.29, 0.717) is 23.6 Å². The zero-order valence-electron chi connectivity index (χ0n) is 15.3. The number of carbonyl (C=O) groups is 1. The summed E-state index contributed by atoms with van der Waals surface area (Å²) in [6.45, 7) is 0.251. The number of rotatable bonds is 5. The second-order valence-corrected chi connectivity index (χ2v) is 7.67. The highest BCUT2D eigenvalue weighted by atomic mass is 19.1. The van der Waals surface area contributed by atoms with E-state index >= 15 is 0 Å². The minimum Gasteiger partial charge on any atom is -0.493 e. The molecule has 0 aromatic heterocycles. The number of benzene rings is 2. The minimum atomic E-state index is -0.308. The van der Waals surface area contributed by atoms with Crippen LogP contribution in [0.5, 0.6) is 5.75 Å². The molecule has 0 heterocycles. The number of hydrogen-bond acceptors (Lipinski definition) is 3. The number of nitrogens with one attached hydrogen (secondary N) is 1. The van der Waals surface area contributed by atoms with Gasteiger partial charge in [0.15, 0.2) is 0 Å². The minimum absolute atomic E-state index is 0.0936. The summed E-state index contributed by atoms with van der Waals surface area (Å²) in [4.78, 5) is 12.2. The molecule has 2 aliphatic carbocycles. The van der Waals surface area contributed by atoms with Gasteiger partial charge < -0.3 is 15.8 Å². The molecular formula is C22H25FN2O2. The average molecular weight is 368 g/mol. The Labute approximate surface area is 158 Å². The van der Waals surface area contributed by atoms with Crippen LogP contribution >= 0.6 is 0 Å². The zero-order valence-corrected chi connectivity index (χ0v) is 15.3. The Bertz CT molecular complexity index is 822. The van der Waals surface area contributed by atoms with Crippen molar-refractivity contribution < 1.29 is 13.9 Å². The molecule has 0 spiro atoms. The maximum absolute atomic E-state index is 12.9. The SMILES string of the molecule is NC1C2CCC1Cc1cc(NC(=O)CCOc3ccc(F)cc3)ccc1C2. The topological polar surface area (TPSA) is 64.3 Å². The zero-order chi connectivity index (χ0) is 18.8. The van der Waals surface area contributed by atoms with Crippen molar-refractivity contribution in [3.8, 4) is 5.75 Å². The predicted octanol–water partition coefficient (Wildman–Crippen LogP) is 3.69. The summed E-state index contributed by atoms with van der Waals surface area (Å²) < 4.78 is 18.3. The molecule has 142 valence electrons. The van der Waals surface area contributed by atoms with Crippen molar-refractivity contribution >= 4 is 11.6 Å². The molecule has 4 nitrogen and oxygen atoms in total. The van der Waals surface area contributed by atoms with Gasteiger partial charge in [-0.2, -0.15) is 0 Å². The number of hydrogen-bond donors (Lipinski definition) is 2. The number of amides is 1. The van der Waals surface area contributed by atoms with Gasteiger partial charge in [-0.1, -0.05) is 6.07 Å². The van der Waals surface area contributed by atoms with Crippen LogP contribution in [0.1, 0.15) is 30.4 Å². The monoisotopic (exact) mass is 368 g/mol. The van der Waals surface area contributed by atoms with Gasteiger partial charge in [0.2, 0.25) is 5.91 Å². The van der Waals surface area contributed by atoms with E-state index in [0.717, 1.165) is 18.5 Å². The average Bonchev–Trinajstić information content (AvgIpc) is 2.90. The normalized spacial score (nSPS) is 23.4. The van der Waals surface area contributed by atoms with Crippen LogP contribution in [0.4, 0.5) is 10.1 Å². The van der Waals surface area contributed by atoms with Crippen LogP contribution in [0.3, 0.4) is 0 Å². The Morgan fingerprint density at radius 2 is 1.78 bits per heavy atom. The number of carbonyl (C=O) groups excluding carboxylic acids is 1. The third-order valence-corrected chi connectivity index (χ3v) is 5.86. The highest BCUT2D eigenvalue weighted by Gasteiger charge is 2.36. The van der Waals surface area contributed by atoms with Gasteiger partial charge in [0.05, 0.1) is 13.0 Å². The van der Waals surface area contributed by atoms with Crippen molar-refractivity contribution in [2.24, 2.45) is 17.6 Å². The van der Waals surface area contributed by atoms with Gasteiger partial charge in [-0.25, -0.2) is 4.39 Å². The van der Waals surface area contributed by atoms with Gasteiger partial charge in [0.1, 0.15) is 11.6 Å². The first-order valence-electron chi connectivity index (χ1n) is 9.64. The maximum atomic E-state index is 12.9. The highest BCUT2D eigenvalue weighted by Crippen LogP contribution is 2.39. The fourth-order valence-corrected chi connectivity index (χ4v) is 4.35. The number of nitrogens with two attached hydrogens (primary N) is 1. The van der Waals surface area contributed by atoms with Crippen LogP contribution < -0.4 is 15.8 Å². The van der Waals surface area contributed by atoms with Crippen LogP contribution in [0.25, 0.3) is 0 Å². The molecule has 3 atom stereocenters. The predicted molar refractivity (Wildman–Crippen MR) is 103 cm³/mol. The molecule has 2 aromatic rings. The van der Waals surface area contributed by atoms with Crippen molar-refractivity contribution in [3.05, 3.63) is 59.4 Å². The Morgan fingerprint density at radius 3 is 2.52 bits per heavy atom.